The Balaban J connectivity index is 3.10. The van der Waals surface area contributed by atoms with Gasteiger partial charge in [-0.05, 0) is 24.6 Å². The van der Waals surface area contributed by atoms with Gasteiger partial charge >= 0.3 is 0 Å². The molecule has 0 N–H and O–H groups in total. The zero-order valence-corrected chi connectivity index (χ0v) is 9.00. The van der Waals surface area contributed by atoms with Crippen molar-refractivity contribution >= 4 is 46.9 Å². The lowest BCUT2D eigenvalue weighted by molar-refractivity contribution is 1.44. The molecule has 1 aromatic rings. The quantitative estimate of drug-likeness (QED) is 0.406. The summed E-state index contributed by atoms with van der Waals surface area (Å²) in [6.07, 6.45) is 0. The van der Waals surface area contributed by atoms with Crippen LogP contribution in [0.5, 0.6) is 0 Å². The largest absolute Gasteiger partial charge is 0.234 e. The molecule has 1 rings (SSSR count). The van der Waals surface area contributed by atoms with Gasteiger partial charge in [-0.25, -0.2) is 4.99 Å². The number of aliphatic imine (C=N–C) groups is 1. The van der Waals surface area contributed by atoms with Crippen LogP contribution in [-0.2, 0) is 0 Å². The highest BCUT2D eigenvalue weighted by Gasteiger charge is 1.97. The second-order valence-electron chi connectivity index (χ2n) is 2.37. The number of thiol groups is 2. The maximum absolute atomic E-state index is 5.90. The molecule has 0 aromatic heterocycles. The molecular weight excluding hydrogens is 210 g/mol. The summed E-state index contributed by atoms with van der Waals surface area (Å²) in [4.78, 5) is 4.01. The van der Waals surface area contributed by atoms with Crippen molar-refractivity contribution in [3.05, 3.63) is 28.8 Å². The summed E-state index contributed by atoms with van der Waals surface area (Å²) in [5.74, 6) is 0. The lowest BCUT2D eigenvalue weighted by Gasteiger charge is -1.98. The first-order chi connectivity index (χ1) is 5.59. The van der Waals surface area contributed by atoms with Gasteiger partial charge in [0.15, 0.2) is 0 Å². The van der Waals surface area contributed by atoms with Crippen LogP contribution in [0.3, 0.4) is 0 Å². The van der Waals surface area contributed by atoms with Crippen molar-refractivity contribution in [3.8, 4) is 0 Å². The molecule has 0 radical (unpaired) electrons. The van der Waals surface area contributed by atoms with Crippen molar-refractivity contribution in [2.45, 2.75) is 6.92 Å². The van der Waals surface area contributed by atoms with Gasteiger partial charge in [0.25, 0.3) is 0 Å². The van der Waals surface area contributed by atoms with Crippen molar-refractivity contribution < 1.29 is 0 Å². The summed E-state index contributed by atoms with van der Waals surface area (Å²) in [6.45, 7) is 1.97. The van der Waals surface area contributed by atoms with Gasteiger partial charge in [0, 0.05) is 0 Å². The summed E-state index contributed by atoms with van der Waals surface area (Å²) in [5, 5.41) is 0.621. The minimum Gasteiger partial charge on any atom is -0.234 e. The summed E-state index contributed by atoms with van der Waals surface area (Å²) >= 11 is 13.8. The molecule has 64 valence electrons. The lowest BCUT2D eigenvalue weighted by atomic mass is 10.2. The van der Waals surface area contributed by atoms with E-state index in [1.54, 1.807) is 0 Å². The molecule has 1 nitrogen and oxygen atoms in total. The Labute approximate surface area is 87.7 Å². The second-order valence-corrected chi connectivity index (χ2v) is 3.97. The first kappa shape index (κ1) is 9.96. The highest BCUT2D eigenvalue weighted by molar-refractivity contribution is 8.23. The van der Waals surface area contributed by atoms with Crippen LogP contribution in [-0.4, -0.2) is 4.38 Å². The Bertz CT molecular complexity index is 319. The van der Waals surface area contributed by atoms with Crippen LogP contribution in [0.2, 0.25) is 5.02 Å². The smallest absolute Gasteiger partial charge is 0.124 e. The fraction of sp³-hybridized carbons (Fsp3) is 0.125. The third-order valence-corrected chi connectivity index (χ3v) is 1.83. The zero-order chi connectivity index (χ0) is 9.14. The van der Waals surface area contributed by atoms with Gasteiger partial charge in [0.2, 0.25) is 0 Å². The van der Waals surface area contributed by atoms with E-state index in [2.05, 4.69) is 30.2 Å². The summed E-state index contributed by atoms with van der Waals surface area (Å²) in [5.41, 5.74) is 1.81. The third-order valence-electron chi connectivity index (χ3n) is 1.32. The molecule has 1 aromatic carbocycles. The van der Waals surface area contributed by atoms with E-state index < -0.39 is 0 Å². The van der Waals surface area contributed by atoms with Crippen LogP contribution in [0.4, 0.5) is 5.69 Å². The molecule has 4 heteroatoms. The minimum absolute atomic E-state index is 0.403. The fourth-order valence-electron chi connectivity index (χ4n) is 0.810. The molecule has 0 saturated heterocycles. The third kappa shape index (κ3) is 2.73. The average Bonchev–Trinajstić information content (AvgIpc) is 1.94. The van der Waals surface area contributed by atoms with Crippen LogP contribution in [0.1, 0.15) is 5.56 Å². The fourth-order valence-corrected chi connectivity index (χ4v) is 1.30. The maximum Gasteiger partial charge on any atom is 0.124 e. The standard InChI is InChI=1S/C8H8ClNS2/c1-5-2-3-7(6(9)4-5)10-8(11)12/h2-4H,1H3,(H2,10,11,12). The van der Waals surface area contributed by atoms with Crippen molar-refractivity contribution in [1.82, 2.24) is 0 Å². The Morgan fingerprint density at radius 3 is 2.58 bits per heavy atom. The van der Waals surface area contributed by atoms with Crippen molar-refractivity contribution in [3.63, 3.8) is 0 Å². The summed E-state index contributed by atoms with van der Waals surface area (Å²) in [6, 6.07) is 5.63. The number of aryl methyl sites for hydroxylation is 1. The normalized spacial score (nSPS) is 9.67. The molecule has 0 bridgehead atoms. The molecule has 0 saturated carbocycles. The minimum atomic E-state index is 0.403. The summed E-state index contributed by atoms with van der Waals surface area (Å²) < 4.78 is 0.403. The van der Waals surface area contributed by atoms with Crippen LogP contribution >= 0.6 is 36.9 Å². The molecule has 0 aliphatic carbocycles. The second kappa shape index (κ2) is 4.21. The Morgan fingerprint density at radius 1 is 1.42 bits per heavy atom. The zero-order valence-electron chi connectivity index (χ0n) is 6.45. The highest BCUT2D eigenvalue weighted by Crippen LogP contribution is 2.26. The molecule has 0 amide bonds. The average molecular weight is 218 g/mol. The number of hydrogen-bond donors (Lipinski definition) is 2. The van der Waals surface area contributed by atoms with E-state index >= 15 is 0 Å². The van der Waals surface area contributed by atoms with Crippen LogP contribution < -0.4 is 0 Å². The molecule has 12 heavy (non-hydrogen) atoms. The molecule has 0 aliphatic rings. The molecule has 0 unspecified atom stereocenters. The first-order valence-electron chi connectivity index (χ1n) is 3.32. The number of rotatable bonds is 1. The van der Waals surface area contributed by atoms with Crippen molar-refractivity contribution in [1.29, 1.82) is 0 Å². The molecule has 0 atom stereocenters. The van der Waals surface area contributed by atoms with Gasteiger partial charge < -0.3 is 0 Å². The van der Waals surface area contributed by atoms with Crippen molar-refractivity contribution in [2.24, 2.45) is 4.99 Å². The summed E-state index contributed by atoms with van der Waals surface area (Å²) in [7, 11) is 0. The van der Waals surface area contributed by atoms with E-state index in [1.165, 1.54) is 0 Å². The Hall–Kier alpha value is -0.120. The first-order valence-corrected chi connectivity index (χ1v) is 4.59. The van der Waals surface area contributed by atoms with Gasteiger partial charge in [-0.1, -0.05) is 17.7 Å². The number of halogens is 1. The predicted octanol–water partition coefficient (Wildman–Crippen LogP) is 3.50. The predicted molar refractivity (Wildman–Crippen MR) is 61.3 cm³/mol. The SMILES string of the molecule is Cc1ccc(N=C(S)S)c(Cl)c1. The molecule has 0 fully saturated rings. The molecule has 0 heterocycles. The van der Waals surface area contributed by atoms with Crippen LogP contribution in [0, 0.1) is 6.92 Å². The van der Waals surface area contributed by atoms with Crippen molar-refractivity contribution in [2.75, 3.05) is 0 Å². The van der Waals surface area contributed by atoms with Crippen LogP contribution in [0.15, 0.2) is 23.2 Å². The van der Waals surface area contributed by atoms with E-state index in [4.69, 9.17) is 11.6 Å². The van der Waals surface area contributed by atoms with E-state index in [9.17, 15) is 0 Å². The lowest BCUT2D eigenvalue weighted by Crippen LogP contribution is -1.75. The Kier molecular flexibility index (Phi) is 3.50. The number of hydrogen-bond acceptors (Lipinski definition) is 1. The monoisotopic (exact) mass is 217 g/mol. The molecular formula is C8H8ClNS2. The van der Waals surface area contributed by atoms with E-state index in [-0.39, 0.29) is 0 Å². The highest BCUT2D eigenvalue weighted by atomic mass is 35.5. The molecule has 0 aliphatic heterocycles. The number of nitrogens with zero attached hydrogens (tertiary/aromatic N) is 1. The van der Waals surface area contributed by atoms with Gasteiger partial charge in [0.05, 0.1) is 10.7 Å². The van der Waals surface area contributed by atoms with E-state index in [0.29, 0.717) is 15.1 Å². The van der Waals surface area contributed by atoms with Gasteiger partial charge in [-0.2, -0.15) is 0 Å². The maximum atomic E-state index is 5.90. The topological polar surface area (TPSA) is 12.4 Å². The van der Waals surface area contributed by atoms with Crippen LogP contribution in [0.25, 0.3) is 0 Å². The van der Waals surface area contributed by atoms with E-state index in [0.717, 1.165) is 5.56 Å². The number of benzene rings is 1. The van der Waals surface area contributed by atoms with Gasteiger partial charge in [-0.15, -0.1) is 25.3 Å². The van der Waals surface area contributed by atoms with Gasteiger partial charge in [-0.3, -0.25) is 0 Å². The van der Waals surface area contributed by atoms with Gasteiger partial charge in [0.1, 0.15) is 4.38 Å². The Morgan fingerprint density at radius 2 is 2.08 bits per heavy atom. The molecule has 0 spiro atoms. The van der Waals surface area contributed by atoms with E-state index in [1.807, 2.05) is 25.1 Å².